The van der Waals surface area contributed by atoms with Crippen molar-refractivity contribution in [3.63, 3.8) is 0 Å². The van der Waals surface area contributed by atoms with Gasteiger partial charge in [-0.2, -0.15) is 0 Å². The minimum atomic E-state index is -0.00540. The van der Waals surface area contributed by atoms with Crippen LogP contribution in [0.4, 0.5) is 11.5 Å². The Balaban J connectivity index is 1.31. The van der Waals surface area contributed by atoms with Gasteiger partial charge in [-0.3, -0.25) is 9.69 Å². The number of carbonyl (C=O) groups excluding carboxylic acids is 1. The van der Waals surface area contributed by atoms with Gasteiger partial charge in [0.15, 0.2) is 0 Å². The molecular formula is C24H26N4O2. The van der Waals surface area contributed by atoms with Crippen molar-refractivity contribution in [2.45, 2.75) is 18.9 Å². The summed E-state index contributed by atoms with van der Waals surface area (Å²) in [6, 6.07) is 18.8. The van der Waals surface area contributed by atoms with Crippen LogP contribution in [-0.4, -0.2) is 48.6 Å². The minimum absolute atomic E-state index is 0.00540. The van der Waals surface area contributed by atoms with Gasteiger partial charge in [0.2, 0.25) is 5.91 Å². The minimum Gasteiger partial charge on any atom is -0.379 e. The highest BCUT2D eigenvalue weighted by Crippen LogP contribution is 2.34. The summed E-state index contributed by atoms with van der Waals surface area (Å²) in [6.45, 7) is 3.35. The number of benzene rings is 2. The number of rotatable bonds is 5. The van der Waals surface area contributed by atoms with Gasteiger partial charge in [-0.15, -0.1) is 0 Å². The number of nitrogens with zero attached hydrogens (tertiary/aromatic N) is 2. The topological polar surface area (TPSA) is 66.5 Å². The van der Waals surface area contributed by atoms with Crippen molar-refractivity contribution in [2.75, 3.05) is 43.5 Å². The third kappa shape index (κ3) is 4.01. The second kappa shape index (κ2) is 8.42. The number of morpholine rings is 1. The Hall–Kier alpha value is -2.96. The summed E-state index contributed by atoms with van der Waals surface area (Å²) in [6.07, 6.45) is 2.18. The van der Waals surface area contributed by atoms with Crippen molar-refractivity contribution >= 4 is 28.3 Å². The molecule has 2 aromatic carbocycles. The van der Waals surface area contributed by atoms with Gasteiger partial charge >= 0.3 is 0 Å². The fraction of sp³-hybridized carbons (Fsp3) is 0.333. The molecule has 3 aromatic rings. The molecular weight excluding hydrogens is 376 g/mol. The van der Waals surface area contributed by atoms with Gasteiger partial charge in [0, 0.05) is 18.5 Å². The number of pyridine rings is 1. The van der Waals surface area contributed by atoms with Gasteiger partial charge in [0.1, 0.15) is 5.82 Å². The molecule has 1 amide bonds. The second-order valence-electron chi connectivity index (χ2n) is 7.94. The molecule has 0 saturated carbocycles. The number of fused-ring (bicyclic) bond motifs is 2. The lowest BCUT2D eigenvalue weighted by Crippen LogP contribution is -2.41. The summed E-state index contributed by atoms with van der Waals surface area (Å²) < 4.78 is 5.35. The Morgan fingerprint density at radius 2 is 1.93 bits per heavy atom. The molecule has 30 heavy (non-hydrogen) atoms. The van der Waals surface area contributed by atoms with E-state index in [9.17, 15) is 4.79 Å². The van der Waals surface area contributed by atoms with Crippen LogP contribution in [0.25, 0.3) is 10.9 Å². The highest BCUT2D eigenvalue weighted by atomic mass is 16.5. The molecule has 2 N–H and O–H groups in total. The van der Waals surface area contributed by atoms with E-state index in [2.05, 4.69) is 39.8 Å². The standard InChI is InChI=1S/C24H26N4O2/c29-24(16-28-12-14-30-15-13-28)27-21-7-3-6-20-19(21)9-11-23(25-20)26-22-10-8-17-4-1-2-5-18(17)22/h1-7,9,11,22H,8,10,12-16H2,(H,25,26)(H,27,29). The summed E-state index contributed by atoms with van der Waals surface area (Å²) in [5.41, 5.74) is 4.45. The number of nitrogens with one attached hydrogen (secondary N) is 2. The van der Waals surface area contributed by atoms with Gasteiger partial charge in [0.05, 0.1) is 37.0 Å². The third-order valence-electron chi connectivity index (χ3n) is 5.93. The van der Waals surface area contributed by atoms with Crippen molar-refractivity contribution in [1.82, 2.24) is 9.88 Å². The van der Waals surface area contributed by atoms with E-state index in [1.165, 1.54) is 11.1 Å². The van der Waals surface area contributed by atoms with E-state index in [-0.39, 0.29) is 5.91 Å². The maximum atomic E-state index is 12.5. The van der Waals surface area contributed by atoms with E-state index in [4.69, 9.17) is 9.72 Å². The fourth-order valence-electron chi connectivity index (χ4n) is 4.38. The number of hydrogen-bond donors (Lipinski definition) is 2. The number of amides is 1. The zero-order chi connectivity index (χ0) is 20.3. The maximum Gasteiger partial charge on any atom is 0.238 e. The molecule has 154 valence electrons. The van der Waals surface area contributed by atoms with Crippen molar-refractivity contribution in [3.05, 3.63) is 65.7 Å². The van der Waals surface area contributed by atoms with Crippen molar-refractivity contribution in [1.29, 1.82) is 0 Å². The Labute approximate surface area is 176 Å². The lowest BCUT2D eigenvalue weighted by atomic mass is 10.1. The average molecular weight is 402 g/mol. The lowest BCUT2D eigenvalue weighted by molar-refractivity contribution is -0.118. The quantitative estimate of drug-likeness (QED) is 0.683. The van der Waals surface area contributed by atoms with Crippen molar-refractivity contribution in [2.24, 2.45) is 0 Å². The lowest BCUT2D eigenvalue weighted by Gasteiger charge is -2.25. The molecule has 1 unspecified atom stereocenters. The number of hydrogen-bond acceptors (Lipinski definition) is 5. The Morgan fingerprint density at radius 1 is 1.07 bits per heavy atom. The smallest absolute Gasteiger partial charge is 0.238 e. The summed E-state index contributed by atoms with van der Waals surface area (Å²) >= 11 is 0. The van der Waals surface area contributed by atoms with Crippen molar-refractivity contribution < 1.29 is 9.53 Å². The Morgan fingerprint density at radius 3 is 2.83 bits per heavy atom. The van der Waals surface area contributed by atoms with Crippen LogP contribution in [0.3, 0.4) is 0 Å². The van der Waals surface area contributed by atoms with Crippen LogP contribution in [0.5, 0.6) is 0 Å². The first-order valence-corrected chi connectivity index (χ1v) is 10.6. The molecule has 1 aliphatic carbocycles. The van der Waals surface area contributed by atoms with Gasteiger partial charge in [-0.1, -0.05) is 30.3 Å². The van der Waals surface area contributed by atoms with Crippen LogP contribution >= 0.6 is 0 Å². The number of aromatic nitrogens is 1. The molecule has 1 atom stereocenters. The molecule has 0 radical (unpaired) electrons. The maximum absolute atomic E-state index is 12.5. The van der Waals surface area contributed by atoms with E-state index in [0.717, 1.165) is 48.3 Å². The molecule has 1 saturated heterocycles. The van der Waals surface area contributed by atoms with Crippen LogP contribution in [0.1, 0.15) is 23.6 Å². The van der Waals surface area contributed by atoms with Crippen molar-refractivity contribution in [3.8, 4) is 0 Å². The summed E-state index contributed by atoms with van der Waals surface area (Å²) in [4.78, 5) is 19.4. The first-order chi connectivity index (χ1) is 14.8. The molecule has 2 aliphatic rings. The molecule has 0 spiro atoms. The molecule has 1 fully saturated rings. The zero-order valence-corrected chi connectivity index (χ0v) is 16.9. The number of aryl methyl sites for hydroxylation is 1. The monoisotopic (exact) mass is 402 g/mol. The predicted octanol–water partition coefficient (Wildman–Crippen LogP) is 3.60. The molecule has 5 rings (SSSR count). The molecule has 6 heteroatoms. The van der Waals surface area contributed by atoms with Crippen LogP contribution in [0.15, 0.2) is 54.6 Å². The predicted molar refractivity (Wildman–Crippen MR) is 119 cm³/mol. The third-order valence-corrected chi connectivity index (χ3v) is 5.93. The first kappa shape index (κ1) is 19.0. The van der Waals surface area contributed by atoms with E-state index >= 15 is 0 Å². The zero-order valence-electron chi connectivity index (χ0n) is 16.9. The van der Waals surface area contributed by atoms with Crippen LogP contribution in [-0.2, 0) is 16.0 Å². The molecule has 1 aromatic heterocycles. The largest absolute Gasteiger partial charge is 0.379 e. The van der Waals surface area contributed by atoms with E-state index in [1.807, 2.05) is 30.3 Å². The number of ether oxygens (including phenoxy) is 1. The second-order valence-corrected chi connectivity index (χ2v) is 7.94. The summed E-state index contributed by atoms with van der Waals surface area (Å²) in [5, 5.41) is 7.59. The Bertz CT molecular complexity index is 1060. The molecule has 0 bridgehead atoms. The van der Waals surface area contributed by atoms with Crippen LogP contribution in [0, 0.1) is 0 Å². The number of carbonyl (C=O) groups is 1. The summed E-state index contributed by atoms with van der Waals surface area (Å²) in [5.74, 6) is 0.857. The van der Waals surface area contributed by atoms with E-state index in [1.54, 1.807) is 0 Å². The first-order valence-electron chi connectivity index (χ1n) is 10.6. The molecule has 1 aliphatic heterocycles. The van der Waals surface area contributed by atoms with Crippen LogP contribution < -0.4 is 10.6 Å². The SMILES string of the molecule is O=C(CN1CCOCC1)Nc1cccc2nc(NC3CCc4ccccc43)ccc12. The van der Waals surface area contributed by atoms with E-state index < -0.39 is 0 Å². The number of anilines is 2. The van der Waals surface area contributed by atoms with Crippen LogP contribution in [0.2, 0.25) is 0 Å². The highest BCUT2D eigenvalue weighted by Gasteiger charge is 2.22. The van der Waals surface area contributed by atoms with E-state index in [0.29, 0.717) is 25.8 Å². The van der Waals surface area contributed by atoms with Gasteiger partial charge in [0.25, 0.3) is 0 Å². The normalized spacial score (nSPS) is 18.9. The molecule has 2 heterocycles. The Kier molecular flexibility index (Phi) is 5.34. The average Bonchev–Trinajstić information content (AvgIpc) is 3.17. The fourth-order valence-corrected chi connectivity index (χ4v) is 4.38. The molecule has 6 nitrogen and oxygen atoms in total. The highest BCUT2D eigenvalue weighted by molar-refractivity contribution is 6.02. The van der Waals surface area contributed by atoms with Gasteiger partial charge in [-0.05, 0) is 48.2 Å². The van der Waals surface area contributed by atoms with Gasteiger partial charge < -0.3 is 15.4 Å². The van der Waals surface area contributed by atoms with Gasteiger partial charge in [-0.25, -0.2) is 4.98 Å². The summed E-state index contributed by atoms with van der Waals surface area (Å²) in [7, 11) is 0.